The molecule has 0 atom stereocenters. The fraction of sp³-hybridized carbons (Fsp3) is 0.455. The fourth-order valence-electron chi connectivity index (χ4n) is 2.08. The number of halogens is 1. The standard InChI is InChI=1S/C11H14BrN/c12-10-6-5-9(7-11(10)13)8-3-1-2-4-8/h5-8H,1-4,13H2. The molecule has 0 amide bonds. The highest BCUT2D eigenvalue weighted by Crippen LogP contribution is 2.35. The Morgan fingerprint density at radius 2 is 1.92 bits per heavy atom. The molecule has 0 unspecified atom stereocenters. The second-order valence-corrected chi connectivity index (χ2v) is 4.62. The van der Waals surface area contributed by atoms with E-state index in [9.17, 15) is 0 Å². The molecule has 1 aromatic carbocycles. The lowest BCUT2D eigenvalue weighted by atomic mass is 9.97. The zero-order valence-corrected chi connectivity index (χ0v) is 9.18. The first kappa shape index (κ1) is 9.07. The predicted octanol–water partition coefficient (Wildman–Crippen LogP) is 3.69. The Hall–Kier alpha value is -0.500. The number of nitrogens with two attached hydrogens (primary N) is 1. The molecule has 2 heteroatoms. The smallest absolute Gasteiger partial charge is 0.0461 e. The molecule has 1 fully saturated rings. The van der Waals surface area contributed by atoms with Crippen molar-refractivity contribution < 1.29 is 0 Å². The average Bonchev–Trinajstić information content (AvgIpc) is 2.62. The van der Waals surface area contributed by atoms with Crippen molar-refractivity contribution in [1.82, 2.24) is 0 Å². The van der Waals surface area contributed by atoms with Gasteiger partial charge in [-0.3, -0.25) is 0 Å². The SMILES string of the molecule is Nc1cc(C2CCCC2)ccc1Br. The first-order chi connectivity index (χ1) is 6.27. The number of benzene rings is 1. The molecule has 0 spiro atoms. The van der Waals surface area contributed by atoms with Gasteiger partial charge in [0.05, 0.1) is 0 Å². The minimum absolute atomic E-state index is 0.760. The van der Waals surface area contributed by atoms with Gasteiger partial charge >= 0.3 is 0 Å². The maximum absolute atomic E-state index is 5.84. The molecule has 13 heavy (non-hydrogen) atoms. The van der Waals surface area contributed by atoms with Crippen LogP contribution in [0.3, 0.4) is 0 Å². The largest absolute Gasteiger partial charge is 0.398 e. The minimum atomic E-state index is 0.760. The Morgan fingerprint density at radius 1 is 1.23 bits per heavy atom. The summed E-state index contributed by atoms with van der Waals surface area (Å²) in [5.74, 6) is 0.760. The highest BCUT2D eigenvalue weighted by molar-refractivity contribution is 9.10. The van der Waals surface area contributed by atoms with Gasteiger partial charge in [0.1, 0.15) is 0 Å². The summed E-state index contributed by atoms with van der Waals surface area (Å²) in [6, 6.07) is 6.36. The highest BCUT2D eigenvalue weighted by atomic mass is 79.9. The van der Waals surface area contributed by atoms with Gasteiger partial charge in [-0.15, -0.1) is 0 Å². The van der Waals surface area contributed by atoms with Crippen LogP contribution in [0.25, 0.3) is 0 Å². The Balaban J connectivity index is 2.25. The summed E-state index contributed by atoms with van der Waals surface area (Å²) < 4.78 is 1.01. The number of hydrogen-bond donors (Lipinski definition) is 1. The third-order valence-electron chi connectivity index (χ3n) is 2.85. The van der Waals surface area contributed by atoms with Crippen LogP contribution in [-0.2, 0) is 0 Å². The Labute approximate surface area is 87.5 Å². The first-order valence-corrected chi connectivity index (χ1v) is 5.61. The maximum Gasteiger partial charge on any atom is 0.0461 e. The molecular weight excluding hydrogens is 226 g/mol. The topological polar surface area (TPSA) is 26.0 Å². The summed E-state index contributed by atoms with van der Waals surface area (Å²) >= 11 is 3.41. The van der Waals surface area contributed by atoms with E-state index in [1.165, 1.54) is 31.2 Å². The van der Waals surface area contributed by atoms with Crippen LogP contribution in [0.1, 0.15) is 37.2 Å². The molecule has 2 rings (SSSR count). The molecule has 1 aromatic rings. The van der Waals surface area contributed by atoms with E-state index >= 15 is 0 Å². The van der Waals surface area contributed by atoms with Gasteiger partial charge in [-0.05, 0) is 52.4 Å². The molecule has 0 saturated heterocycles. The van der Waals surface area contributed by atoms with E-state index in [1.54, 1.807) is 0 Å². The van der Waals surface area contributed by atoms with Gasteiger partial charge in [0.25, 0.3) is 0 Å². The molecule has 2 N–H and O–H groups in total. The average molecular weight is 240 g/mol. The van der Waals surface area contributed by atoms with Crippen molar-refractivity contribution >= 4 is 21.6 Å². The Morgan fingerprint density at radius 3 is 2.54 bits per heavy atom. The van der Waals surface area contributed by atoms with Crippen molar-refractivity contribution in [3.63, 3.8) is 0 Å². The van der Waals surface area contributed by atoms with Gasteiger partial charge < -0.3 is 5.73 Å². The molecule has 1 nitrogen and oxygen atoms in total. The van der Waals surface area contributed by atoms with Crippen LogP contribution < -0.4 is 5.73 Å². The monoisotopic (exact) mass is 239 g/mol. The van der Waals surface area contributed by atoms with Crippen molar-refractivity contribution in [3.05, 3.63) is 28.2 Å². The van der Waals surface area contributed by atoms with Gasteiger partial charge in [0, 0.05) is 10.2 Å². The van der Waals surface area contributed by atoms with E-state index in [2.05, 4.69) is 34.1 Å². The molecular formula is C11H14BrN. The van der Waals surface area contributed by atoms with E-state index in [4.69, 9.17) is 5.73 Å². The summed E-state index contributed by atoms with van der Waals surface area (Å²) in [6.07, 6.45) is 5.42. The maximum atomic E-state index is 5.84. The zero-order valence-electron chi connectivity index (χ0n) is 7.59. The molecule has 0 aliphatic heterocycles. The lowest BCUT2D eigenvalue weighted by molar-refractivity contribution is 0.723. The summed E-state index contributed by atoms with van der Waals surface area (Å²) in [5.41, 5.74) is 8.12. The van der Waals surface area contributed by atoms with Gasteiger partial charge in [-0.2, -0.15) is 0 Å². The van der Waals surface area contributed by atoms with E-state index < -0.39 is 0 Å². The van der Waals surface area contributed by atoms with Gasteiger partial charge in [0.15, 0.2) is 0 Å². The van der Waals surface area contributed by atoms with E-state index in [0.29, 0.717) is 0 Å². The lowest BCUT2D eigenvalue weighted by Crippen LogP contribution is -1.94. The quantitative estimate of drug-likeness (QED) is 0.744. The van der Waals surface area contributed by atoms with Crippen LogP contribution >= 0.6 is 15.9 Å². The van der Waals surface area contributed by atoms with E-state index in [0.717, 1.165) is 16.1 Å². The van der Waals surface area contributed by atoms with Crippen molar-refractivity contribution in [1.29, 1.82) is 0 Å². The van der Waals surface area contributed by atoms with Crippen LogP contribution in [-0.4, -0.2) is 0 Å². The van der Waals surface area contributed by atoms with Crippen LogP contribution in [0.5, 0.6) is 0 Å². The van der Waals surface area contributed by atoms with Gasteiger partial charge in [-0.25, -0.2) is 0 Å². The van der Waals surface area contributed by atoms with Crippen molar-refractivity contribution in [3.8, 4) is 0 Å². The van der Waals surface area contributed by atoms with Crippen LogP contribution in [0.15, 0.2) is 22.7 Å². The predicted molar refractivity (Wildman–Crippen MR) is 59.8 cm³/mol. The van der Waals surface area contributed by atoms with E-state index in [-0.39, 0.29) is 0 Å². The summed E-state index contributed by atoms with van der Waals surface area (Å²) in [5, 5.41) is 0. The van der Waals surface area contributed by atoms with Crippen LogP contribution in [0.4, 0.5) is 5.69 Å². The van der Waals surface area contributed by atoms with Crippen LogP contribution in [0.2, 0.25) is 0 Å². The van der Waals surface area contributed by atoms with Crippen molar-refractivity contribution in [2.45, 2.75) is 31.6 Å². The van der Waals surface area contributed by atoms with Crippen LogP contribution in [0, 0.1) is 0 Å². The highest BCUT2D eigenvalue weighted by Gasteiger charge is 2.17. The third-order valence-corrected chi connectivity index (χ3v) is 3.57. The molecule has 1 aliphatic rings. The second-order valence-electron chi connectivity index (χ2n) is 3.76. The summed E-state index contributed by atoms with van der Waals surface area (Å²) in [7, 11) is 0. The fourth-order valence-corrected chi connectivity index (χ4v) is 2.32. The lowest BCUT2D eigenvalue weighted by Gasteiger charge is -2.10. The Bertz CT molecular complexity index is 303. The number of hydrogen-bond acceptors (Lipinski definition) is 1. The molecule has 1 saturated carbocycles. The molecule has 0 heterocycles. The molecule has 0 radical (unpaired) electrons. The molecule has 0 bridgehead atoms. The van der Waals surface area contributed by atoms with Crippen molar-refractivity contribution in [2.75, 3.05) is 5.73 Å². The minimum Gasteiger partial charge on any atom is -0.398 e. The van der Waals surface area contributed by atoms with Gasteiger partial charge in [-0.1, -0.05) is 18.9 Å². The first-order valence-electron chi connectivity index (χ1n) is 4.82. The zero-order chi connectivity index (χ0) is 9.26. The van der Waals surface area contributed by atoms with Gasteiger partial charge in [0.2, 0.25) is 0 Å². The molecule has 70 valence electrons. The number of anilines is 1. The second kappa shape index (κ2) is 3.70. The summed E-state index contributed by atoms with van der Waals surface area (Å²) in [4.78, 5) is 0. The number of rotatable bonds is 1. The normalized spacial score (nSPS) is 17.9. The van der Waals surface area contributed by atoms with E-state index in [1.807, 2.05) is 0 Å². The summed E-state index contributed by atoms with van der Waals surface area (Å²) in [6.45, 7) is 0. The third kappa shape index (κ3) is 1.88. The molecule has 1 aliphatic carbocycles. The Kier molecular flexibility index (Phi) is 2.58. The van der Waals surface area contributed by atoms with Crippen molar-refractivity contribution in [2.24, 2.45) is 0 Å². The number of nitrogen functional groups attached to an aromatic ring is 1. The molecule has 0 aromatic heterocycles.